The molecule has 0 spiro atoms. The molecule has 0 fully saturated rings. The lowest BCUT2D eigenvalue weighted by molar-refractivity contribution is -0.274. The molecule has 3 N–H and O–H groups in total. The van der Waals surface area contributed by atoms with Gasteiger partial charge < -0.3 is 20.7 Å². The minimum atomic E-state index is -4.76. The summed E-state index contributed by atoms with van der Waals surface area (Å²) in [6.45, 7) is 5.23. The van der Waals surface area contributed by atoms with Crippen LogP contribution in [-0.2, 0) is 13.1 Å². The zero-order chi connectivity index (χ0) is 22.0. The summed E-state index contributed by atoms with van der Waals surface area (Å²) in [6.07, 6.45) is -4.76. The number of hydrogen-bond donors (Lipinski definition) is 3. The third-order valence-electron chi connectivity index (χ3n) is 3.94. The Bertz CT molecular complexity index is 869. The maximum Gasteiger partial charge on any atom is 0.573 e. The Morgan fingerprint density at radius 3 is 2.43 bits per heavy atom. The normalized spacial score (nSPS) is 11.7. The van der Waals surface area contributed by atoms with Crippen molar-refractivity contribution in [1.29, 1.82) is 0 Å². The second-order valence-corrected chi connectivity index (χ2v) is 6.26. The van der Waals surface area contributed by atoms with Crippen molar-refractivity contribution in [3.8, 4) is 5.75 Å². The van der Waals surface area contributed by atoms with E-state index in [0.29, 0.717) is 36.7 Å². The summed E-state index contributed by atoms with van der Waals surface area (Å²) in [4.78, 5) is 16.4. The van der Waals surface area contributed by atoms with Gasteiger partial charge in [-0.05, 0) is 37.6 Å². The molecule has 6 nitrogen and oxygen atoms in total. The molecular weight excluding hydrogens is 397 g/mol. The van der Waals surface area contributed by atoms with Gasteiger partial charge in [-0.3, -0.25) is 4.79 Å². The van der Waals surface area contributed by atoms with Crippen molar-refractivity contribution in [3.05, 3.63) is 65.2 Å². The number of rotatable bonds is 8. The molecule has 162 valence electrons. The van der Waals surface area contributed by atoms with Gasteiger partial charge >= 0.3 is 6.36 Å². The maximum atomic E-state index is 12.6. The number of hydrogen-bond acceptors (Lipinski definition) is 3. The van der Waals surface area contributed by atoms with E-state index < -0.39 is 6.36 Å². The molecule has 0 aromatic heterocycles. The molecule has 0 unspecified atom stereocenters. The lowest BCUT2D eigenvalue weighted by Gasteiger charge is -2.15. The highest BCUT2D eigenvalue weighted by molar-refractivity contribution is 5.94. The highest BCUT2D eigenvalue weighted by Crippen LogP contribution is 2.26. The van der Waals surface area contributed by atoms with Gasteiger partial charge in [0.15, 0.2) is 5.96 Å². The topological polar surface area (TPSA) is 74.8 Å². The fourth-order valence-corrected chi connectivity index (χ4v) is 2.64. The molecule has 0 atom stereocenters. The number of para-hydroxylation sites is 1. The Kier molecular flexibility index (Phi) is 8.52. The number of ether oxygens (including phenoxy) is 1. The molecule has 0 saturated heterocycles. The monoisotopic (exact) mass is 422 g/mol. The molecule has 2 aromatic carbocycles. The van der Waals surface area contributed by atoms with Crippen molar-refractivity contribution in [2.45, 2.75) is 33.3 Å². The summed E-state index contributed by atoms with van der Waals surface area (Å²) in [7, 11) is 0. The Morgan fingerprint density at radius 2 is 1.73 bits per heavy atom. The van der Waals surface area contributed by atoms with Crippen molar-refractivity contribution in [3.63, 3.8) is 0 Å². The van der Waals surface area contributed by atoms with Crippen LogP contribution in [0.15, 0.2) is 53.5 Å². The Morgan fingerprint density at radius 1 is 1.00 bits per heavy atom. The largest absolute Gasteiger partial charge is 0.573 e. The summed E-state index contributed by atoms with van der Waals surface area (Å²) in [5.41, 5.74) is 1.72. The van der Waals surface area contributed by atoms with E-state index in [2.05, 4.69) is 25.7 Å². The van der Waals surface area contributed by atoms with Crippen molar-refractivity contribution in [2.24, 2.45) is 4.99 Å². The zero-order valence-corrected chi connectivity index (χ0v) is 16.8. The molecule has 0 aliphatic carbocycles. The molecule has 0 aliphatic rings. The maximum absolute atomic E-state index is 12.6. The molecule has 0 aliphatic heterocycles. The summed E-state index contributed by atoms with van der Waals surface area (Å²) >= 11 is 0. The Hall–Kier alpha value is -3.23. The van der Waals surface area contributed by atoms with Gasteiger partial charge in [-0.15, -0.1) is 13.2 Å². The van der Waals surface area contributed by atoms with Crippen LogP contribution in [0.3, 0.4) is 0 Å². The molecule has 1 amide bonds. The summed E-state index contributed by atoms with van der Waals surface area (Å²) in [6, 6.07) is 13.0. The lowest BCUT2D eigenvalue weighted by atomic mass is 10.1. The predicted molar refractivity (Wildman–Crippen MR) is 109 cm³/mol. The van der Waals surface area contributed by atoms with Gasteiger partial charge in [0.1, 0.15) is 5.75 Å². The van der Waals surface area contributed by atoms with Crippen LogP contribution < -0.4 is 20.7 Å². The predicted octanol–water partition coefficient (Wildman–Crippen LogP) is 3.59. The number of nitrogens with one attached hydrogen (secondary N) is 3. The fraction of sp³-hybridized carbons (Fsp3) is 0.333. The van der Waals surface area contributed by atoms with Gasteiger partial charge in [0.25, 0.3) is 5.91 Å². The van der Waals surface area contributed by atoms with E-state index in [0.717, 1.165) is 5.56 Å². The molecule has 2 aromatic rings. The third-order valence-corrected chi connectivity index (χ3v) is 3.94. The van der Waals surface area contributed by atoms with E-state index in [-0.39, 0.29) is 18.2 Å². The highest BCUT2D eigenvalue weighted by atomic mass is 19.4. The molecular formula is C21H25F3N4O2. The van der Waals surface area contributed by atoms with Crippen molar-refractivity contribution in [1.82, 2.24) is 16.0 Å². The number of benzene rings is 2. The van der Waals surface area contributed by atoms with Crippen LogP contribution in [0.1, 0.15) is 35.3 Å². The first-order chi connectivity index (χ1) is 14.3. The summed E-state index contributed by atoms with van der Waals surface area (Å²) < 4.78 is 41.8. The first kappa shape index (κ1) is 23.1. The molecule has 30 heavy (non-hydrogen) atoms. The lowest BCUT2D eigenvalue weighted by Crippen LogP contribution is -2.37. The van der Waals surface area contributed by atoms with Gasteiger partial charge in [0.2, 0.25) is 0 Å². The summed E-state index contributed by atoms with van der Waals surface area (Å²) in [5.74, 6) is 0.0142. The fourth-order valence-electron chi connectivity index (χ4n) is 2.64. The van der Waals surface area contributed by atoms with Crippen LogP contribution in [0.2, 0.25) is 0 Å². The second-order valence-electron chi connectivity index (χ2n) is 6.26. The number of alkyl halides is 3. The van der Waals surface area contributed by atoms with Crippen molar-refractivity contribution >= 4 is 11.9 Å². The quantitative estimate of drug-likeness (QED) is 0.449. The van der Waals surface area contributed by atoms with Crippen molar-refractivity contribution in [2.75, 3.05) is 13.1 Å². The minimum Gasteiger partial charge on any atom is -0.405 e. The Balaban J connectivity index is 2.08. The van der Waals surface area contributed by atoms with Gasteiger partial charge in [-0.2, -0.15) is 0 Å². The van der Waals surface area contributed by atoms with Crippen LogP contribution >= 0.6 is 0 Å². The first-order valence-electron chi connectivity index (χ1n) is 9.55. The number of nitrogens with zero attached hydrogens (tertiary/aromatic N) is 1. The number of guanidine groups is 1. The number of carbonyl (C=O) groups excluding carboxylic acids is 1. The molecule has 9 heteroatoms. The number of amides is 1. The van der Waals surface area contributed by atoms with E-state index in [9.17, 15) is 18.0 Å². The van der Waals surface area contributed by atoms with Crippen LogP contribution in [0.4, 0.5) is 13.2 Å². The molecule has 0 heterocycles. The van der Waals surface area contributed by atoms with E-state index in [1.807, 2.05) is 19.9 Å². The number of aliphatic imine (C=N–C) groups is 1. The SMILES string of the molecule is CCNC(=O)c1cccc(CN=C(NCC)NCc2ccccc2OC(F)(F)F)c1. The van der Waals surface area contributed by atoms with Crippen LogP contribution in [-0.4, -0.2) is 31.3 Å². The zero-order valence-electron chi connectivity index (χ0n) is 16.8. The summed E-state index contributed by atoms with van der Waals surface area (Å²) in [5, 5.41) is 8.79. The van der Waals surface area contributed by atoms with E-state index in [1.165, 1.54) is 12.1 Å². The molecule has 0 bridgehead atoms. The number of carbonyl (C=O) groups is 1. The van der Waals surface area contributed by atoms with Crippen LogP contribution in [0.25, 0.3) is 0 Å². The average molecular weight is 422 g/mol. The number of halogens is 3. The average Bonchev–Trinajstić information content (AvgIpc) is 2.70. The van der Waals surface area contributed by atoms with E-state index in [4.69, 9.17) is 0 Å². The molecule has 0 saturated carbocycles. The van der Waals surface area contributed by atoms with E-state index in [1.54, 1.807) is 30.3 Å². The molecule has 2 rings (SSSR count). The standard InChI is InChI=1S/C21H25F3N4O2/c1-3-25-19(29)16-10-7-8-15(12-16)13-27-20(26-4-2)28-14-17-9-5-6-11-18(17)30-21(22,23)24/h5-12H,3-4,13-14H2,1-2H3,(H,25,29)(H2,26,27,28). The van der Waals surface area contributed by atoms with Crippen LogP contribution in [0.5, 0.6) is 5.75 Å². The molecule has 0 radical (unpaired) electrons. The van der Waals surface area contributed by atoms with Gasteiger partial charge in [0.05, 0.1) is 6.54 Å². The van der Waals surface area contributed by atoms with Gasteiger partial charge in [-0.1, -0.05) is 30.3 Å². The second kappa shape index (κ2) is 11.1. The van der Waals surface area contributed by atoms with Crippen LogP contribution in [0, 0.1) is 0 Å². The highest BCUT2D eigenvalue weighted by Gasteiger charge is 2.31. The van der Waals surface area contributed by atoms with Crippen molar-refractivity contribution < 1.29 is 22.7 Å². The van der Waals surface area contributed by atoms with Gasteiger partial charge in [0, 0.05) is 30.8 Å². The third kappa shape index (κ3) is 7.65. The van der Waals surface area contributed by atoms with Gasteiger partial charge in [-0.25, -0.2) is 4.99 Å². The Labute approximate surface area is 173 Å². The van der Waals surface area contributed by atoms with E-state index >= 15 is 0 Å². The first-order valence-corrected chi connectivity index (χ1v) is 9.55. The smallest absolute Gasteiger partial charge is 0.405 e. The minimum absolute atomic E-state index is 0.0943.